The van der Waals surface area contributed by atoms with E-state index in [1.54, 1.807) is 35.7 Å². The number of carbonyl (C=O) groups is 2. The molecule has 0 N–H and O–H groups in total. The SMILES string of the molecule is CN(c1ccc(Cl)cc1)S(=O)(=O)c1ccc(Cl)c(N2C(=O)Cc3sccc3C2=O)c1. The van der Waals surface area contributed by atoms with E-state index in [1.165, 1.54) is 36.6 Å². The molecule has 0 saturated carbocycles. The van der Waals surface area contributed by atoms with Crippen LogP contribution in [0, 0.1) is 0 Å². The highest BCUT2D eigenvalue weighted by atomic mass is 35.5. The average Bonchev–Trinajstić information content (AvgIpc) is 3.18. The van der Waals surface area contributed by atoms with Crippen LogP contribution in [0.15, 0.2) is 58.8 Å². The number of thiophene rings is 1. The summed E-state index contributed by atoms with van der Waals surface area (Å²) in [6, 6.07) is 11.9. The fourth-order valence-corrected chi connectivity index (χ4v) is 5.54. The van der Waals surface area contributed by atoms with E-state index in [1.807, 2.05) is 0 Å². The number of nitrogens with zero attached hydrogens (tertiary/aromatic N) is 2. The lowest BCUT2D eigenvalue weighted by molar-refractivity contribution is -0.117. The van der Waals surface area contributed by atoms with Crippen molar-refractivity contribution in [1.29, 1.82) is 0 Å². The number of hydrogen-bond acceptors (Lipinski definition) is 5. The second kappa shape index (κ2) is 7.70. The lowest BCUT2D eigenvalue weighted by atomic mass is 10.1. The van der Waals surface area contributed by atoms with Crippen molar-refractivity contribution >= 4 is 67.8 Å². The summed E-state index contributed by atoms with van der Waals surface area (Å²) >= 11 is 13.5. The third-order valence-corrected chi connectivity index (χ3v) is 8.02. The summed E-state index contributed by atoms with van der Waals surface area (Å²) in [4.78, 5) is 27.0. The van der Waals surface area contributed by atoms with Crippen molar-refractivity contribution in [1.82, 2.24) is 0 Å². The van der Waals surface area contributed by atoms with Gasteiger partial charge in [-0.05, 0) is 53.9 Å². The summed E-state index contributed by atoms with van der Waals surface area (Å²) < 4.78 is 27.4. The molecule has 154 valence electrons. The zero-order chi connectivity index (χ0) is 21.6. The van der Waals surface area contributed by atoms with Crippen molar-refractivity contribution in [2.24, 2.45) is 0 Å². The van der Waals surface area contributed by atoms with E-state index in [0.717, 1.165) is 9.21 Å². The smallest absolute Gasteiger partial charge is 0.266 e. The monoisotopic (exact) mass is 480 g/mol. The Morgan fingerprint density at radius 2 is 1.73 bits per heavy atom. The highest BCUT2D eigenvalue weighted by Gasteiger charge is 2.35. The van der Waals surface area contributed by atoms with Gasteiger partial charge in [0.15, 0.2) is 0 Å². The molecule has 1 aliphatic heterocycles. The van der Waals surface area contributed by atoms with Crippen LogP contribution in [0.1, 0.15) is 15.2 Å². The predicted molar refractivity (Wildman–Crippen MR) is 118 cm³/mol. The van der Waals surface area contributed by atoms with Gasteiger partial charge in [-0.1, -0.05) is 23.2 Å². The molecule has 0 aliphatic carbocycles. The van der Waals surface area contributed by atoms with Gasteiger partial charge in [0.05, 0.1) is 33.3 Å². The third kappa shape index (κ3) is 3.50. The Hall–Kier alpha value is -2.39. The molecule has 1 aromatic heterocycles. The van der Waals surface area contributed by atoms with Crippen molar-refractivity contribution in [2.75, 3.05) is 16.3 Å². The highest BCUT2D eigenvalue weighted by Crippen LogP contribution is 2.35. The van der Waals surface area contributed by atoms with Gasteiger partial charge in [-0.2, -0.15) is 0 Å². The van der Waals surface area contributed by atoms with E-state index < -0.39 is 21.8 Å². The largest absolute Gasteiger partial charge is 0.274 e. The highest BCUT2D eigenvalue weighted by molar-refractivity contribution is 7.92. The Kier molecular flexibility index (Phi) is 5.36. The Balaban J connectivity index is 1.76. The van der Waals surface area contributed by atoms with Gasteiger partial charge < -0.3 is 0 Å². The lowest BCUT2D eigenvalue weighted by Gasteiger charge is -2.27. The van der Waals surface area contributed by atoms with Crippen molar-refractivity contribution < 1.29 is 18.0 Å². The first-order valence-corrected chi connectivity index (χ1v) is 11.8. The molecule has 30 heavy (non-hydrogen) atoms. The molecule has 4 rings (SSSR count). The number of anilines is 2. The van der Waals surface area contributed by atoms with Gasteiger partial charge in [0.25, 0.3) is 15.9 Å². The van der Waals surface area contributed by atoms with Crippen LogP contribution in [0.5, 0.6) is 0 Å². The number of hydrogen-bond donors (Lipinski definition) is 0. The van der Waals surface area contributed by atoms with Crippen LogP contribution in [0.25, 0.3) is 0 Å². The normalized spacial score (nSPS) is 14.0. The van der Waals surface area contributed by atoms with Crippen LogP contribution in [-0.2, 0) is 21.2 Å². The van der Waals surface area contributed by atoms with Gasteiger partial charge in [0.1, 0.15) is 0 Å². The van der Waals surface area contributed by atoms with E-state index in [9.17, 15) is 18.0 Å². The van der Waals surface area contributed by atoms with Crippen molar-refractivity contribution in [3.8, 4) is 0 Å². The molecule has 0 fully saturated rings. The molecule has 0 bridgehead atoms. The Bertz CT molecular complexity index is 1270. The first-order valence-electron chi connectivity index (χ1n) is 8.68. The lowest BCUT2D eigenvalue weighted by Crippen LogP contribution is -2.42. The van der Waals surface area contributed by atoms with E-state index in [0.29, 0.717) is 21.2 Å². The number of halogens is 2. The van der Waals surface area contributed by atoms with Crippen LogP contribution in [0.3, 0.4) is 0 Å². The van der Waals surface area contributed by atoms with Gasteiger partial charge in [-0.15, -0.1) is 11.3 Å². The summed E-state index contributed by atoms with van der Waals surface area (Å²) in [5, 5.41) is 2.32. The molecule has 0 atom stereocenters. The zero-order valence-electron chi connectivity index (χ0n) is 15.5. The summed E-state index contributed by atoms with van der Waals surface area (Å²) in [7, 11) is -2.58. The molecule has 1 aliphatic rings. The van der Waals surface area contributed by atoms with Gasteiger partial charge in [0, 0.05) is 16.9 Å². The molecular weight excluding hydrogens is 467 g/mol. The third-order valence-electron chi connectivity index (χ3n) is 4.75. The fraction of sp³-hybridized carbons (Fsp3) is 0.100. The fourth-order valence-electron chi connectivity index (χ4n) is 3.13. The number of rotatable bonds is 4. The van der Waals surface area contributed by atoms with Crippen LogP contribution in [0.2, 0.25) is 10.0 Å². The number of amides is 2. The molecule has 2 amide bonds. The Morgan fingerprint density at radius 1 is 1.03 bits per heavy atom. The summed E-state index contributed by atoms with van der Waals surface area (Å²) in [5.74, 6) is -0.984. The van der Waals surface area contributed by atoms with E-state index in [-0.39, 0.29) is 22.0 Å². The van der Waals surface area contributed by atoms with Gasteiger partial charge >= 0.3 is 0 Å². The minimum atomic E-state index is -3.98. The maximum atomic E-state index is 13.1. The van der Waals surface area contributed by atoms with Crippen LogP contribution >= 0.6 is 34.5 Å². The van der Waals surface area contributed by atoms with Crippen molar-refractivity contribution in [3.63, 3.8) is 0 Å². The second-order valence-electron chi connectivity index (χ2n) is 6.53. The molecule has 0 radical (unpaired) electrons. The Labute approximate surface area is 187 Å². The van der Waals surface area contributed by atoms with Crippen LogP contribution < -0.4 is 9.21 Å². The molecule has 0 unspecified atom stereocenters. The second-order valence-corrected chi connectivity index (χ2v) is 10.3. The number of imide groups is 1. The molecule has 3 aromatic rings. The molecule has 6 nitrogen and oxygen atoms in total. The molecule has 0 saturated heterocycles. The van der Waals surface area contributed by atoms with E-state index >= 15 is 0 Å². The summed E-state index contributed by atoms with van der Waals surface area (Å²) in [6.45, 7) is 0. The molecule has 0 spiro atoms. The first-order chi connectivity index (χ1) is 14.2. The van der Waals surface area contributed by atoms with Crippen LogP contribution in [0.4, 0.5) is 11.4 Å². The average molecular weight is 481 g/mol. The minimum absolute atomic E-state index is 0.0362. The van der Waals surface area contributed by atoms with Gasteiger partial charge in [0.2, 0.25) is 5.91 Å². The van der Waals surface area contributed by atoms with Crippen LogP contribution in [-0.4, -0.2) is 27.3 Å². The quantitative estimate of drug-likeness (QED) is 0.511. The maximum Gasteiger partial charge on any atom is 0.266 e. The van der Waals surface area contributed by atoms with Gasteiger partial charge in [-0.25, -0.2) is 13.3 Å². The molecule has 10 heteroatoms. The molecule has 2 heterocycles. The number of carbonyl (C=O) groups excluding carboxylic acids is 2. The van der Waals surface area contributed by atoms with Gasteiger partial charge in [-0.3, -0.25) is 13.9 Å². The first kappa shape index (κ1) is 20.9. The summed E-state index contributed by atoms with van der Waals surface area (Å²) in [5.41, 5.74) is 0.861. The van der Waals surface area contributed by atoms with Crippen molar-refractivity contribution in [2.45, 2.75) is 11.3 Å². The molecule has 2 aromatic carbocycles. The standard InChI is InChI=1S/C20H14Cl2N2O4S2/c1-23(13-4-2-12(21)3-5-13)30(27,28)14-6-7-16(22)17(10-14)24-19(25)11-18-15(20(24)26)8-9-29-18/h2-10H,11H2,1H3. The minimum Gasteiger partial charge on any atom is -0.274 e. The van der Waals surface area contributed by atoms with Crippen molar-refractivity contribution in [3.05, 3.63) is 74.4 Å². The topological polar surface area (TPSA) is 74.8 Å². The Morgan fingerprint density at radius 3 is 2.43 bits per heavy atom. The summed E-state index contributed by atoms with van der Waals surface area (Å²) in [6.07, 6.45) is 0.0523. The predicted octanol–water partition coefficient (Wildman–Crippen LogP) is 4.61. The number of sulfonamides is 1. The maximum absolute atomic E-state index is 13.1. The zero-order valence-corrected chi connectivity index (χ0v) is 18.6. The molecular formula is C20H14Cl2N2O4S2. The number of benzene rings is 2. The number of fused-ring (bicyclic) bond motifs is 1. The van der Waals surface area contributed by atoms with E-state index in [2.05, 4.69) is 0 Å². The van der Waals surface area contributed by atoms with E-state index in [4.69, 9.17) is 23.2 Å².